The van der Waals surface area contributed by atoms with Gasteiger partial charge in [0, 0.05) is 6.42 Å². The molecule has 0 bridgehead atoms. The third-order valence-corrected chi connectivity index (χ3v) is 6.37. The van der Waals surface area contributed by atoms with E-state index in [2.05, 4.69) is 0 Å². The van der Waals surface area contributed by atoms with Crippen molar-refractivity contribution in [2.45, 2.75) is 82.5 Å². The van der Waals surface area contributed by atoms with E-state index in [1.54, 1.807) is 13.2 Å². The number of methoxy groups -OCH3 is 1. The number of aliphatic carboxylic acids is 1. The van der Waals surface area contributed by atoms with E-state index >= 15 is 0 Å². The first-order valence-electron chi connectivity index (χ1n) is 11.5. The van der Waals surface area contributed by atoms with E-state index in [0.717, 1.165) is 43.4 Å². The normalized spacial score (nSPS) is 24.5. The first kappa shape index (κ1) is 25.4. The predicted octanol–water partition coefficient (Wildman–Crippen LogP) is 3.72. The fraction of sp³-hybridized carbons (Fsp3) is 0.640. The second kappa shape index (κ2) is 13.5. The zero-order chi connectivity index (χ0) is 22.6. The van der Waals surface area contributed by atoms with E-state index in [0.29, 0.717) is 25.7 Å². The fourth-order valence-electron chi connectivity index (χ4n) is 4.57. The average molecular weight is 435 g/mol. The largest absolute Gasteiger partial charge is 0.497 e. The van der Waals surface area contributed by atoms with Crippen LogP contribution in [-0.2, 0) is 11.2 Å². The molecule has 1 saturated carbocycles. The molecule has 4 N–H and O–H groups in total. The maximum atomic E-state index is 10.6. The highest BCUT2D eigenvalue weighted by atomic mass is 16.5. The fourth-order valence-corrected chi connectivity index (χ4v) is 4.57. The van der Waals surface area contributed by atoms with Crippen LogP contribution in [-0.4, -0.2) is 51.8 Å². The molecular weight excluding hydrogens is 396 g/mol. The summed E-state index contributed by atoms with van der Waals surface area (Å²) < 4.78 is 5.15. The Bertz CT molecular complexity index is 671. The number of hydrogen-bond acceptors (Lipinski definition) is 5. The van der Waals surface area contributed by atoms with Crippen LogP contribution in [0.25, 0.3) is 0 Å². The molecule has 1 aromatic carbocycles. The number of carbonyl (C=O) groups is 1. The molecule has 0 aliphatic heterocycles. The van der Waals surface area contributed by atoms with E-state index in [-0.39, 0.29) is 18.3 Å². The summed E-state index contributed by atoms with van der Waals surface area (Å²) in [5.74, 6) is 0.106. The zero-order valence-corrected chi connectivity index (χ0v) is 18.5. The molecule has 0 amide bonds. The number of benzene rings is 1. The Balaban J connectivity index is 1.72. The molecule has 0 aromatic heterocycles. The van der Waals surface area contributed by atoms with Gasteiger partial charge in [-0.1, -0.05) is 43.5 Å². The highest BCUT2D eigenvalue weighted by molar-refractivity contribution is 5.66. The summed E-state index contributed by atoms with van der Waals surface area (Å²) in [4.78, 5) is 10.6. The highest BCUT2D eigenvalue weighted by Crippen LogP contribution is 2.39. The molecule has 2 rings (SSSR count). The summed E-state index contributed by atoms with van der Waals surface area (Å²) >= 11 is 0. The Kier molecular flexibility index (Phi) is 11.1. The lowest BCUT2D eigenvalue weighted by atomic mass is 9.85. The van der Waals surface area contributed by atoms with Gasteiger partial charge in [0.15, 0.2) is 0 Å². The van der Waals surface area contributed by atoms with Gasteiger partial charge in [0.2, 0.25) is 0 Å². The van der Waals surface area contributed by atoms with Crippen LogP contribution in [0.15, 0.2) is 36.4 Å². The minimum atomic E-state index is -0.758. The van der Waals surface area contributed by atoms with Gasteiger partial charge < -0.3 is 25.2 Å². The van der Waals surface area contributed by atoms with Crippen LogP contribution < -0.4 is 4.74 Å². The average Bonchev–Trinajstić information content (AvgIpc) is 3.01. The van der Waals surface area contributed by atoms with Crippen molar-refractivity contribution in [3.05, 3.63) is 42.0 Å². The minimum Gasteiger partial charge on any atom is -0.497 e. The number of ether oxygens (including phenoxy) is 1. The summed E-state index contributed by atoms with van der Waals surface area (Å²) in [5, 5.41) is 39.7. The number of rotatable bonds is 14. The summed E-state index contributed by atoms with van der Waals surface area (Å²) in [6.45, 7) is 0. The van der Waals surface area contributed by atoms with Gasteiger partial charge in [0.1, 0.15) is 5.75 Å². The molecule has 31 heavy (non-hydrogen) atoms. The van der Waals surface area contributed by atoms with E-state index in [9.17, 15) is 20.1 Å². The van der Waals surface area contributed by atoms with Gasteiger partial charge in [-0.3, -0.25) is 4.79 Å². The van der Waals surface area contributed by atoms with Crippen LogP contribution in [0, 0.1) is 11.8 Å². The number of aliphatic hydroxyl groups is 3. The van der Waals surface area contributed by atoms with Gasteiger partial charge in [-0.05, 0) is 68.1 Å². The van der Waals surface area contributed by atoms with Crippen molar-refractivity contribution in [2.24, 2.45) is 11.8 Å². The lowest BCUT2D eigenvalue weighted by molar-refractivity contribution is -0.137. The lowest BCUT2D eigenvalue weighted by Gasteiger charge is -2.24. The molecule has 1 aliphatic carbocycles. The Morgan fingerprint density at radius 3 is 2.35 bits per heavy atom. The van der Waals surface area contributed by atoms with Crippen molar-refractivity contribution in [3.8, 4) is 5.75 Å². The number of carboxylic acid groups (broad SMARTS) is 1. The molecule has 1 unspecified atom stereocenters. The Morgan fingerprint density at radius 1 is 1.06 bits per heavy atom. The number of carboxylic acids is 1. The first-order valence-corrected chi connectivity index (χ1v) is 11.5. The number of hydrogen-bond donors (Lipinski definition) is 4. The summed E-state index contributed by atoms with van der Waals surface area (Å²) in [6.07, 6.45) is 9.00. The number of aliphatic hydroxyl groups excluding tert-OH is 3. The monoisotopic (exact) mass is 434 g/mol. The molecule has 1 aromatic rings. The predicted molar refractivity (Wildman–Crippen MR) is 120 cm³/mol. The van der Waals surface area contributed by atoms with Crippen molar-refractivity contribution in [2.75, 3.05) is 7.11 Å². The van der Waals surface area contributed by atoms with Crippen molar-refractivity contribution >= 4 is 5.97 Å². The van der Waals surface area contributed by atoms with Crippen LogP contribution in [0.4, 0.5) is 0 Å². The first-order chi connectivity index (χ1) is 14.9. The summed E-state index contributed by atoms with van der Waals surface area (Å²) in [6, 6.07) is 7.83. The van der Waals surface area contributed by atoms with E-state index in [1.807, 2.05) is 30.3 Å². The molecule has 0 heterocycles. The maximum Gasteiger partial charge on any atom is 0.303 e. The molecular formula is C25H38O6. The van der Waals surface area contributed by atoms with Crippen LogP contribution in [0.5, 0.6) is 5.75 Å². The second-order valence-corrected chi connectivity index (χ2v) is 8.67. The maximum absolute atomic E-state index is 10.6. The Morgan fingerprint density at radius 2 is 1.71 bits per heavy atom. The minimum absolute atomic E-state index is 0.00124. The summed E-state index contributed by atoms with van der Waals surface area (Å²) in [5.41, 5.74) is 1.14. The second-order valence-electron chi connectivity index (χ2n) is 8.67. The third kappa shape index (κ3) is 9.01. The van der Waals surface area contributed by atoms with Gasteiger partial charge >= 0.3 is 5.97 Å². The van der Waals surface area contributed by atoms with Gasteiger partial charge in [-0.25, -0.2) is 0 Å². The van der Waals surface area contributed by atoms with E-state index in [1.165, 1.54) is 0 Å². The molecule has 6 heteroatoms. The van der Waals surface area contributed by atoms with Crippen molar-refractivity contribution in [1.29, 1.82) is 0 Å². The van der Waals surface area contributed by atoms with Gasteiger partial charge in [-0.15, -0.1) is 0 Å². The van der Waals surface area contributed by atoms with Gasteiger partial charge in [-0.2, -0.15) is 0 Å². The SMILES string of the molecule is COc1ccc(C/C=C\C(O)CC[C@@H]2[C@@H](CCCCCCC(=O)O)[C@@H](O)C[C@H]2O)cc1. The van der Waals surface area contributed by atoms with Gasteiger partial charge in [0.05, 0.1) is 25.4 Å². The molecule has 1 aliphatic rings. The van der Waals surface area contributed by atoms with Crippen molar-refractivity contribution in [1.82, 2.24) is 0 Å². The Hall–Kier alpha value is -1.89. The smallest absolute Gasteiger partial charge is 0.303 e. The van der Waals surface area contributed by atoms with Crippen LogP contribution >= 0.6 is 0 Å². The molecule has 174 valence electrons. The quantitative estimate of drug-likeness (QED) is 0.263. The number of unbranched alkanes of at least 4 members (excludes halogenated alkanes) is 3. The zero-order valence-electron chi connectivity index (χ0n) is 18.5. The molecule has 6 nitrogen and oxygen atoms in total. The van der Waals surface area contributed by atoms with Crippen molar-refractivity contribution < 1.29 is 30.0 Å². The van der Waals surface area contributed by atoms with E-state index in [4.69, 9.17) is 9.84 Å². The highest BCUT2D eigenvalue weighted by Gasteiger charge is 2.40. The number of allylic oxidation sites excluding steroid dienone is 1. The van der Waals surface area contributed by atoms with Gasteiger partial charge in [0.25, 0.3) is 0 Å². The third-order valence-electron chi connectivity index (χ3n) is 6.37. The molecule has 0 spiro atoms. The molecule has 0 saturated heterocycles. The van der Waals surface area contributed by atoms with E-state index < -0.39 is 24.3 Å². The van der Waals surface area contributed by atoms with Crippen LogP contribution in [0.2, 0.25) is 0 Å². The van der Waals surface area contributed by atoms with Crippen molar-refractivity contribution in [3.63, 3.8) is 0 Å². The topological polar surface area (TPSA) is 107 Å². The lowest BCUT2D eigenvalue weighted by Crippen LogP contribution is -2.23. The Labute approximate surface area is 185 Å². The summed E-state index contributed by atoms with van der Waals surface area (Å²) in [7, 11) is 1.64. The molecule has 5 atom stereocenters. The molecule has 1 fully saturated rings. The van der Waals surface area contributed by atoms with Crippen LogP contribution in [0.1, 0.15) is 63.4 Å². The standard InChI is InChI=1S/C25H38O6/c1-31-20-14-11-18(12-15-20)7-6-8-19(26)13-16-22-21(23(27)17-24(22)28)9-4-2-3-5-10-25(29)30/h6,8,11-12,14-15,19,21-24,26-28H,2-5,7,9-10,13,16-17H2,1H3,(H,29,30)/b8-6-/t19?,21-,22-,23+,24-/m1/s1. The van der Waals surface area contributed by atoms with Crippen LogP contribution in [0.3, 0.4) is 0 Å². The molecule has 0 radical (unpaired) electrons.